The van der Waals surface area contributed by atoms with Crippen LogP contribution in [0, 0.1) is 0 Å². The van der Waals surface area contributed by atoms with Crippen LogP contribution in [0.3, 0.4) is 0 Å². The van der Waals surface area contributed by atoms with Crippen LogP contribution in [0.1, 0.15) is 36.9 Å². The van der Waals surface area contributed by atoms with Crippen molar-refractivity contribution in [2.75, 3.05) is 0 Å². The highest BCUT2D eigenvalue weighted by Gasteiger charge is 2.14. The third-order valence-corrected chi connectivity index (χ3v) is 4.16. The second kappa shape index (κ2) is 6.35. The van der Waals surface area contributed by atoms with E-state index in [0.717, 1.165) is 22.3 Å². The highest BCUT2D eigenvalue weighted by molar-refractivity contribution is 9.10. The molecule has 0 aliphatic carbocycles. The first-order chi connectivity index (χ1) is 9.13. The first kappa shape index (κ1) is 14.3. The van der Waals surface area contributed by atoms with Crippen LogP contribution in [-0.4, -0.2) is 9.78 Å². The Hall–Kier alpha value is -1.13. The molecular weight excluding hydrogens is 304 g/mol. The fourth-order valence-electron chi connectivity index (χ4n) is 2.00. The van der Waals surface area contributed by atoms with Crippen LogP contribution in [0.15, 0.2) is 34.8 Å². The van der Waals surface area contributed by atoms with E-state index in [9.17, 15) is 0 Å². The summed E-state index contributed by atoms with van der Waals surface area (Å²) < 4.78 is 8.90. The number of aromatic nitrogens is 2. The molecule has 1 atom stereocenters. The second-order valence-electron chi connectivity index (χ2n) is 4.55. The van der Waals surface area contributed by atoms with Gasteiger partial charge in [-0.15, -0.1) is 0 Å². The lowest BCUT2D eigenvalue weighted by Crippen LogP contribution is -2.05. The molecule has 1 aromatic heterocycles. The van der Waals surface area contributed by atoms with Gasteiger partial charge in [0.05, 0.1) is 28.6 Å². The molecule has 0 aliphatic heterocycles. The van der Waals surface area contributed by atoms with Crippen LogP contribution in [0.25, 0.3) is 0 Å². The number of nitrogens with zero attached hydrogens (tertiary/aromatic N) is 2. The number of ether oxygens (including phenoxy) is 1. The Labute approximate surface area is 122 Å². The Balaban J connectivity index is 2.05. The van der Waals surface area contributed by atoms with Crippen molar-refractivity contribution >= 4 is 15.9 Å². The smallest absolute Gasteiger partial charge is 0.0904 e. The van der Waals surface area contributed by atoms with E-state index in [1.807, 2.05) is 29.9 Å². The van der Waals surface area contributed by atoms with Gasteiger partial charge >= 0.3 is 0 Å². The zero-order valence-electron chi connectivity index (χ0n) is 11.6. The molecule has 3 nitrogen and oxygen atoms in total. The number of hydrogen-bond donors (Lipinski definition) is 0. The lowest BCUT2D eigenvalue weighted by atomic mass is 10.1. The molecule has 2 rings (SSSR count). The second-order valence-corrected chi connectivity index (χ2v) is 5.34. The summed E-state index contributed by atoms with van der Waals surface area (Å²) in [6.45, 7) is 4.73. The van der Waals surface area contributed by atoms with E-state index in [0.29, 0.717) is 6.61 Å². The molecule has 0 radical (unpaired) electrons. The van der Waals surface area contributed by atoms with Gasteiger partial charge in [-0.1, -0.05) is 37.3 Å². The summed E-state index contributed by atoms with van der Waals surface area (Å²) in [5, 5.41) is 4.47. The van der Waals surface area contributed by atoms with Gasteiger partial charge in [0.2, 0.25) is 0 Å². The van der Waals surface area contributed by atoms with E-state index in [1.54, 1.807) is 0 Å². The summed E-state index contributed by atoms with van der Waals surface area (Å²) in [6, 6.07) is 10.2. The predicted octanol–water partition coefficient (Wildman–Crippen LogP) is 4.02. The molecule has 0 saturated carbocycles. The van der Waals surface area contributed by atoms with Gasteiger partial charge in [0.25, 0.3) is 0 Å². The summed E-state index contributed by atoms with van der Waals surface area (Å²) in [7, 11) is 1.95. The molecule has 0 bridgehead atoms. The van der Waals surface area contributed by atoms with Gasteiger partial charge in [-0.2, -0.15) is 5.10 Å². The Morgan fingerprint density at radius 2 is 2.00 bits per heavy atom. The summed E-state index contributed by atoms with van der Waals surface area (Å²) >= 11 is 3.61. The third kappa shape index (κ3) is 3.25. The van der Waals surface area contributed by atoms with Gasteiger partial charge in [0.1, 0.15) is 0 Å². The van der Waals surface area contributed by atoms with Crippen molar-refractivity contribution in [3.8, 4) is 0 Å². The van der Waals surface area contributed by atoms with E-state index in [4.69, 9.17) is 4.74 Å². The topological polar surface area (TPSA) is 27.1 Å². The fourth-order valence-corrected chi connectivity index (χ4v) is 2.73. The van der Waals surface area contributed by atoms with E-state index < -0.39 is 0 Å². The molecule has 19 heavy (non-hydrogen) atoms. The summed E-state index contributed by atoms with van der Waals surface area (Å²) in [4.78, 5) is 0. The number of halogens is 1. The molecule has 1 unspecified atom stereocenters. The van der Waals surface area contributed by atoms with Gasteiger partial charge in [0.15, 0.2) is 0 Å². The normalized spacial score (nSPS) is 12.6. The van der Waals surface area contributed by atoms with E-state index in [2.05, 4.69) is 47.0 Å². The SMILES string of the molecule is CCc1nn(C)c(COC(C)c2ccccc2)c1Br. The fraction of sp³-hybridized carbons (Fsp3) is 0.400. The molecule has 0 amide bonds. The van der Waals surface area contributed by atoms with Crippen molar-refractivity contribution in [2.24, 2.45) is 7.05 Å². The van der Waals surface area contributed by atoms with E-state index >= 15 is 0 Å². The van der Waals surface area contributed by atoms with Crippen molar-refractivity contribution in [1.82, 2.24) is 9.78 Å². The quantitative estimate of drug-likeness (QED) is 0.831. The first-order valence-electron chi connectivity index (χ1n) is 6.50. The van der Waals surface area contributed by atoms with Gasteiger partial charge in [-0.25, -0.2) is 0 Å². The van der Waals surface area contributed by atoms with Crippen molar-refractivity contribution in [3.63, 3.8) is 0 Å². The minimum absolute atomic E-state index is 0.0769. The number of benzene rings is 1. The van der Waals surface area contributed by atoms with Crippen molar-refractivity contribution < 1.29 is 4.74 Å². The third-order valence-electron chi connectivity index (χ3n) is 3.24. The van der Waals surface area contributed by atoms with Gasteiger partial charge < -0.3 is 4.74 Å². The maximum absolute atomic E-state index is 5.94. The molecule has 0 spiro atoms. The summed E-state index contributed by atoms with van der Waals surface area (Å²) in [6.07, 6.45) is 0.996. The molecule has 0 fully saturated rings. The number of aryl methyl sites for hydroxylation is 2. The first-order valence-corrected chi connectivity index (χ1v) is 7.29. The predicted molar refractivity (Wildman–Crippen MR) is 79.9 cm³/mol. The zero-order valence-corrected chi connectivity index (χ0v) is 13.1. The standard InChI is InChI=1S/C15H19BrN2O/c1-4-13-15(16)14(18(3)17-13)10-19-11(2)12-8-6-5-7-9-12/h5-9,11H,4,10H2,1-3H3. The maximum atomic E-state index is 5.94. The molecule has 0 N–H and O–H groups in total. The van der Waals surface area contributed by atoms with Gasteiger partial charge in [-0.3, -0.25) is 4.68 Å². The minimum atomic E-state index is 0.0769. The van der Waals surface area contributed by atoms with Crippen molar-refractivity contribution in [1.29, 1.82) is 0 Å². The monoisotopic (exact) mass is 322 g/mol. The largest absolute Gasteiger partial charge is 0.368 e. The van der Waals surface area contributed by atoms with E-state index in [1.165, 1.54) is 5.56 Å². The van der Waals surface area contributed by atoms with Crippen LogP contribution in [0.2, 0.25) is 0 Å². The summed E-state index contributed by atoms with van der Waals surface area (Å²) in [5.41, 5.74) is 3.35. The van der Waals surface area contributed by atoms with Crippen LogP contribution < -0.4 is 0 Å². The average Bonchev–Trinajstić information content (AvgIpc) is 2.72. The molecule has 4 heteroatoms. The highest BCUT2D eigenvalue weighted by Crippen LogP contribution is 2.25. The molecular formula is C15H19BrN2O. The van der Waals surface area contributed by atoms with Crippen LogP contribution >= 0.6 is 15.9 Å². The molecule has 2 aromatic rings. The summed E-state index contributed by atoms with van der Waals surface area (Å²) in [5.74, 6) is 0. The number of rotatable bonds is 5. The Morgan fingerprint density at radius 3 is 2.58 bits per heavy atom. The van der Waals surface area contributed by atoms with Gasteiger partial charge in [-0.05, 0) is 34.8 Å². The lowest BCUT2D eigenvalue weighted by molar-refractivity contribution is 0.0484. The Kier molecular flexibility index (Phi) is 4.77. The van der Waals surface area contributed by atoms with Crippen LogP contribution in [-0.2, 0) is 24.8 Å². The highest BCUT2D eigenvalue weighted by atomic mass is 79.9. The van der Waals surface area contributed by atoms with E-state index in [-0.39, 0.29) is 6.10 Å². The Morgan fingerprint density at radius 1 is 1.32 bits per heavy atom. The maximum Gasteiger partial charge on any atom is 0.0904 e. The van der Waals surface area contributed by atoms with Crippen LogP contribution in [0.5, 0.6) is 0 Å². The minimum Gasteiger partial charge on any atom is -0.368 e. The molecule has 1 heterocycles. The molecule has 0 aliphatic rings. The molecule has 1 aromatic carbocycles. The Bertz CT molecular complexity index is 537. The van der Waals surface area contributed by atoms with Crippen LogP contribution in [0.4, 0.5) is 0 Å². The molecule has 0 saturated heterocycles. The average molecular weight is 323 g/mol. The van der Waals surface area contributed by atoms with Crippen molar-refractivity contribution in [3.05, 3.63) is 51.8 Å². The zero-order chi connectivity index (χ0) is 13.8. The number of hydrogen-bond acceptors (Lipinski definition) is 2. The molecule has 102 valence electrons. The van der Waals surface area contributed by atoms with Gasteiger partial charge in [0, 0.05) is 7.05 Å². The van der Waals surface area contributed by atoms with Crippen molar-refractivity contribution in [2.45, 2.75) is 33.0 Å². The lowest BCUT2D eigenvalue weighted by Gasteiger charge is -2.13.